The highest BCUT2D eigenvalue weighted by molar-refractivity contribution is 7.99. The summed E-state index contributed by atoms with van der Waals surface area (Å²) in [4.78, 5) is 29.4. The summed E-state index contributed by atoms with van der Waals surface area (Å²) in [5, 5.41) is 4.47. The van der Waals surface area contributed by atoms with Crippen LogP contribution in [0, 0.1) is 5.92 Å². The van der Waals surface area contributed by atoms with Gasteiger partial charge in [-0.05, 0) is 43.9 Å². The molecule has 0 unspecified atom stereocenters. The highest BCUT2D eigenvalue weighted by atomic mass is 35.5. The lowest BCUT2D eigenvalue weighted by molar-refractivity contribution is -0.119. The highest BCUT2D eigenvalue weighted by Gasteiger charge is 2.28. The van der Waals surface area contributed by atoms with Crippen molar-refractivity contribution in [1.82, 2.24) is 14.9 Å². The van der Waals surface area contributed by atoms with Crippen molar-refractivity contribution >= 4 is 40.2 Å². The van der Waals surface area contributed by atoms with E-state index in [4.69, 9.17) is 11.6 Å². The molecule has 1 aromatic carbocycles. The SMILES string of the molecule is C=CCn1c(SCC(=O)N[C@H](C)C2CC2)nc2ccc(Cl)cc2c1=O. The Morgan fingerprint density at radius 1 is 1.56 bits per heavy atom. The summed E-state index contributed by atoms with van der Waals surface area (Å²) in [5.41, 5.74) is 0.394. The molecule has 1 aromatic heterocycles. The lowest BCUT2D eigenvalue weighted by atomic mass is 10.2. The molecule has 3 rings (SSSR count). The van der Waals surface area contributed by atoms with Crippen molar-refractivity contribution < 1.29 is 4.79 Å². The number of benzene rings is 1. The van der Waals surface area contributed by atoms with Gasteiger partial charge in [0.1, 0.15) is 0 Å². The van der Waals surface area contributed by atoms with Gasteiger partial charge in [-0.25, -0.2) is 4.98 Å². The maximum absolute atomic E-state index is 12.7. The molecule has 2 aromatic rings. The van der Waals surface area contributed by atoms with Crippen LogP contribution in [0.5, 0.6) is 0 Å². The molecule has 1 amide bonds. The number of nitrogens with one attached hydrogen (secondary N) is 1. The number of hydrogen-bond donors (Lipinski definition) is 1. The summed E-state index contributed by atoms with van der Waals surface area (Å²) in [5.74, 6) is 0.788. The topological polar surface area (TPSA) is 64.0 Å². The fourth-order valence-corrected chi connectivity index (χ4v) is 3.70. The van der Waals surface area contributed by atoms with E-state index < -0.39 is 0 Å². The summed E-state index contributed by atoms with van der Waals surface area (Å²) < 4.78 is 1.52. The number of thioether (sulfide) groups is 1. The van der Waals surface area contributed by atoms with Gasteiger partial charge in [0, 0.05) is 17.6 Å². The molecule has 1 heterocycles. The largest absolute Gasteiger partial charge is 0.353 e. The second-order valence-corrected chi connectivity index (χ2v) is 7.62. The Kier molecular flexibility index (Phi) is 5.49. The molecule has 1 aliphatic carbocycles. The third-order valence-corrected chi connectivity index (χ3v) is 5.45. The third kappa shape index (κ3) is 4.25. The molecule has 1 aliphatic rings. The Bertz CT molecular complexity index is 876. The summed E-state index contributed by atoms with van der Waals surface area (Å²) in [6.07, 6.45) is 4.00. The van der Waals surface area contributed by atoms with Crippen molar-refractivity contribution in [3.05, 3.63) is 46.2 Å². The van der Waals surface area contributed by atoms with Crippen molar-refractivity contribution in [2.45, 2.75) is 37.5 Å². The van der Waals surface area contributed by atoms with Crippen LogP contribution in [0.2, 0.25) is 5.02 Å². The number of aromatic nitrogens is 2. The minimum absolute atomic E-state index is 0.0417. The number of fused-ring (bicyclic) bond motifs is 1. The monoisotopic (exact) mass is 377 g/mol. The van der Waals surface area contributed by atoms with Gasteiger partial charge in [-0.1, -0.05) is 29.4 Å². The molecular formula is C18H20ClN3O2S. The van der Waals surface area contributed by atoms with Crippen LogP contribution in [0.15, 0.2) is 40.8 Å². The fourth-order valence-electron chi connectivity index (χ4n) is 2.71. The van der Waals surface area contributed by atoms with Crippen LogP contribution >= 0.6 is 23.4 Å². The van der Waals surface area contributed by atoms with Crippen LogP contribution in [-0.2, 0) is 11.3 Å². The van der Waals surface area contributed by atoms with Gasteiger partial charge in [0.25, 0.3) is 5.56 Å². The zero-order valence-corrected chi connectivity index (χ0v) is 15.6. The van der Waals surface area contributed by atoms with Gasteiger partial charge in [0.15, 0.2) is 5.16 Å². The van der Waals surface area contributed by atoms with E-state index in [9.17, 15) is 9.59 Å². The lowest BCUT2D eigenvalue weighted by Crippen LogP contribution is -2.35. The number of halogens is 1. The van der Waals surface area contributed by atoms with E-state index in [2.05, 4.69) is 16.9 Å². The summed E-state index contributed by atoms with van der Waals surface area (Å²) in [6.45, 7) is 6.06. The molecule has 1 N–H and O–H groups in total. The second kappa shape index (κ2) is 7.62. The highest BCUT2D eigenvalue weighted by Crippen LogP contribution is 2.32. The van der Waals surface area contributed by atoms with Crippen LogP contribution in [-0.4, -0.2) is 27.3 Å². The second-order valence-electron chi connectivity index (χ2n) is 6.24. The molecule has 0 bridgehead atoms. The van der Waals surface area contributed by atoms with Gasteiger partial charge < -0.3 is 5.32 Å². The number of carbonyl (C=O) groups excluding carboxylic acids is 1. The van der Waals surface area contributed by atoms with Crippen LogP contribution < -0.4 is 10.9 Å². The Morgan fingerprint density at radius 3 is 3.00 bits per heavy atom. The van der Waals surface area contributed by atoms with Crippen LogP contribution in [0.3, 0.4) is 0 Å². The number of amides is 1. The summed E-state index contributed by atoms with van der Waals surface area (Å²) in [6, 6.07) is 5.24. The third-order valence-electron chi connectivity index (χ3n) is 4.24. The molecule has 0 saturated heterocycles. The number of carbonyl (C=O) groups is 1. The van der Waals surface area contributed by atoms with E-state index in [1.807, 2.05) is 6.92 Å². The van der Waals surface area contributed by atoms with E-state index in [-0.39, 0.29) is 23.3 Å². The van der Waals surface area contributed by atoms with E-state index >= 15 is 0 Å². The molecule has 0 aliphatic heterocycles. The number of nitrogens with zero attached hydrogens (tertiary/aromatic N) is 2. The summed E-state index contributed by atoms with van der Waals surface area (Å²) >= 11 is 7.25. The van der Waals surface area contributed by atoms with Gasteiger partial charge in [0.2, 0.25) is 5.91 Å². The van der Waals surface area contributed by atoms with Crippen molar-refractivity contribution in [3.63, 3.8) is 0 Å². The van der Waals surface area contributed by atoms with Crippen molar-refractivity contribution in [3.8, 4) is 0 Å². The Hall–Kier alpha value is -1.79. The number of allylic oxidation sites excluding steroid dienone is 1. The molecule has 0 spiro atoms. The maximum Gasteiger partial charge on any atom is 0.262 e. The average Bonchev–Trinajstić information content (AvgIpc) is 3.41. The maximum atomic E-state index is 12.7. The van der Waals surface area contributed by atoms with E-state index in [0.29, 0.717) is 33.5 Å². The standard InChI is InChI=1S/C18H20ClN3O2S/c1-3-8-22-17(24)14-9-13(19)6-7-15(14)21-18(22)25-10-16(23)20-11(2)12-4-5-12/h3,6-7,9,11-12H,1,4-5,8,10H2,2H3,(H,20,23)/t11-/m1/s1. The molecule has 25 heavy (non-hydrogen) atoms. The average molecular weight is 378 g/mol. The predicted octanol–water partition coefficient (Wildman–Crippen LogP) is 3.24. The minimum Gasteiger partial charge on any atom is -0.353 e. The lowest BCUT2D eigenvalue weighted by Gasteiger charge is -2.14. The molecule has 1 atom stereocenters. The Balaban J connectivity index is 1.82. The van der Waals surface area contributed by atoms with Gasteiger partial charge in [-0.2, -0.15) is 0 Å². The quantitative estimate of drug-likeness (QED) is 0.457. The van der Waals surface area contributed by atoms with Crippen LogP contribution in [0.4, 0.5) is 0 Å². The molecular weight excluding hydrogens is 358 g/mol. The first kappa shape index (κ1) is 18.0. The Labute approximate surface area is 155 Å². The Morgan fingerprint density at radius 2 is 2.32 bits per heavy atom. The van der Waals surface area contributed by atoms with Gasteiger partial charge >= 0.3 is 0 Å². The first-order chi connectivity index (χ1) is 12.0. The van der Waals surface area contributed by atoms with Gasteiger partial charge in [0.05, 0.1) is 16.7 Å². The normalized spacial score (nSPS) is 15.1. The number of rotatable bonds is 7. The van der Waals surface area contributed by atoms with Crippen LogP contribution in [0.25, 0.3) is 10.9 Å². The first-order valence-electron chi connectivity index (χ1n) is 8.22. The fraction of sp³-hybridized carbons (Fsp3) is 0.389. The van der Waals surface area contributed by atoms with Gasteiger partial charge in [-0.3, -0.25) is 14.2 Å². The zero-order chi connectivity index (χ0) is 18.0. The van der Waals surface area contributed by atoms with Crippen LogP contribution in [0.1, 0.15) is 19.8 Å². The smallest absolute Gasteiger partial charge is 0.262 e. The molecule has 7 heteroatoms. The minimum atomic E-state index is -0.179. The van der Waals surface area contributed by atoms with Crippen molar-refractivity contribution in [2.75, 3.05) is 5.75 Å². The molecule has 1 saturated carbocycles. The van der Waals surface area contributed by atoms with Crippen molar-refractivity contribution in [2.24, 2.45) is 5.92 Å². The van der Waals surface area contributed by atoms with Gasteiger partial charge in [-0.15, -0.1) is 6.58 Å². The molecule has 1 fully saturated rings. The molecule has 132 valence electrons. The first-order valence-corrected chi connectivity index (χ1v) is 9.59. The number of hydrogen-bond acceptors (Lipinski definition) is 4. The zero-order valence-electron chi connectivity index (χ0n) is 14.0. The summed E-state index contributed by atoms with van der Waals surface area (Å²) in [7, 11) is 0. The molecule has 0 radical (unpaired) electrons. The molecule has 5 nitrogen and oxygen atoms in total. The predicted molar refractivity (Wildman–Crippen MR) is 102 cm³/mol. The van der Waals surface area contributed by atoms with E-state index in [0.717, 1.165) is 0 Å². The van der Waals surface area contributed by atoms with E-state index in [1.165, 1.54) is 29.2 Å². The van der Waals surface area contributed by atoms with E-state index in [1.54, 1.807) is 24.3 Å². The van der Waals surface area contributed by atoms with Crippen molar-refractivity contribution in [1.29, 1.82) is 0 Å².